The van der Waals surface area contributed by atoms with Crippen molar-refractivity contribution in [1.82, 2.24) is 20.0 Å². The van der Waals surface area contributed by atoms with Crippen LogP contribution < -0.4 is 0 Å². The van der Waals surface area contributed by atoms with Crippen LogP contribution in [-0.4, -0.2) is 79.0 Å². The molecule has 1 aliphatic rings. The molecule has 3 heterocycles. The van der Waals surface area contributed by atoms with Crippen LogP contribution in [0.3, 0.4) is 0 Å². The molecular weight excluding hydrogens is 380 g/mol. The number of rotatable bonds is 5. The van der Waals surface area contributed by atoms with Gasteiger partial charge < -0.3 is 23.4 Å². The number of amides is 2. The molecule has 11 nitrogen and oxygen atoms in total. The summed E-state index contributed by atoms with van der Waals surface area (Å²) >= 11 is 0. The van der Waals surface area contributed by atoms with Gasteiger partial charge in [0.15, 0.2) is 5.76 Å². The van der Waals surface area contributed by atoms with Crippen LogP contribution >= 0.6 is 0 Å². The maximum Gasteiger partial charge on any atom is 0.409 e. The largest absolute Gasteiger partial charge is 0.459 e. The first kappa shape index (κ1) is 18.9. The van der Waals surface area contributed by atoms with Crippen molar-refractivity contribution < 1.29 is 31.6 Å². The van der Waals surface area contributed by atoms with E-state index in [1.807, 2.05) is 0 Å². The van der Waals surface area contributed by atoms with Crippen molar-refractivity contribution in [2.45, 2.75) is 12.1 Å². The molecule has 1 saturated heterocycles. The topological polar surface area (TPSA) is 136 Å². The van der Waals surface area contributed by atoms with Gasteiger partial charge in [-0.2, -0.15) is 0 Å². The van der Waals surface area contributed by atoms with Gasteiger partial charge in [-0.25, -0.2) is 13.2 Å². The number of piperazine rings is 1. The van der Waals surface area contributed by atoms with Crippen LogP contribution in [0.2, 0.25) is 0 Å². The van der Waals surface area contributed by atoms with E-state index < -0.39 is 32.8 Å². The fourth-order valence-corrected chi connectivity index (χ4v) is 3.51. The fourth-order valence-electron chi connectivity index (χ4n) is 2.50. The number of carbonyl (C=O) groups excluding carboxylic acids is 2. The highest BCUT2D eigenvalue weighted by atomic mass is 32.2. The summed E-state index contributed by atoms with van der Waals surface area (Å²) in [4.78, 5) is 26.8. The van der Waals surface area contributed by atoms with E-state index in [4.69, 9.17) is 13.6 Å². The minimum absolute atomic E-state index is 0.0888. The molecule has 0 bridgehead atoms. The van der Waals surface area contributed by atoms with Crippen LogP contribution in [0.25, 0.3) is 11.7 Å². The Morgan fingerprint density at radius 3 is 2.52 bits per heavy atom. The smallest absolute Gasteiger partial charge is 0.409 e. The van der Waals surface area contributed by atoms with E-state index in [1.54, 1.807) is 13.0 Å². The summed E-state index contributed by atoms with van der Waals surface area (Å²) in [7, 11) is -4.10. The van der Waals surface area contributed by atoms with Crippen LogP contribution in [0.4, 0.5) is 4.79 Å². The van der Waals surface area contributed by atoms with Gasteiger partial charge in [0.2, 0.25) is 15.7 Å². The Morgan fingerprint density at radius 1 is 1.19 bits per heavy atom. The molecule has 0 saturated carbocycles. The van der Waals surface area contributed by atoms with Crippen molar-refractivity contribution in [2.75, 3.05) is 38.5 Å². The van der Waals surface area contributed by atoms with Gasteiger partial charge in [-0.15, -0.1) is 5.10 Å². The summed E-state index contributed by atoms with van der Waals surface area (Å²) in [5.41, 5.74) is 0. The van der Waals surface area contributed by atoms with Crippen LogP contribution in [0.1, 0.15) is 6.92 Å². The predicted octanol–water partition coefficient (Wildman–Crippen LogP) is 0.404. The van der Waals surface area contributed by atoms with Gasteiger partial charge in [-0.3, -0.25) is 4.79 Å². The second-order valence-electron chi connectivity index (χ2n) is 5.68. The van der Waals surface area contributed by atoms with Gasteiger partial charge in [0.1, 0.15) is 5.75 Å². The third kappa shape index (κ3) is 4.27. The Kier molecular flexibility index (Phi) is 5.44. The van der Waals surface area contributed by atoms with E-state index in [0.29, 0.717) is 0 Å². The summed E-state index contributed by atoms with van der Waals surface area (Å²) < 4.78 is 39.8. The van der Waals surface area contributed by atoms with Gasteiger partial charge in [-0.1, -0.05) is 5.10 Å². The minimum Gasteiger partial charge on any atom is -0.459 e. The first-order valence-corrected chi connectivity index (χ1v) is 9.85. The zero-order valence-electron chi connectivity index (χ0n) is 14.5. The molecule has 0 atom stereocenters. The molecule has 0 unspecified atom stereocenters. The second-order valence-corrected chi connectivity index (χ2v) is 7.54. The first-order valence-electron chi connectivity index (χ1n) is 8.20. The Labute approximate surface area is 154 Å². The molecule has 1 aliphatic heterocycles. The number of hydrogen-bond acceptors (Lipinski definition) is 9. The molecule has 0 spiro atoms. The predicted molar refractivity (Wildman–Crippen MR) is 89.2 cm³/mol. The van der Waals surface area contributed by atoms with Gasteiger partial charge >= 0.3 is 11.3 Å². The van der Waals surface area contributed by atoms with Crippen LogP contribution in [0, 0.1) is 0 Å². The van der Waals surface area contributed by atoms with Gasteiger partial charge in [-0.05, 0) is 19.1 Å². The lowest BCUT2D eigenvalue weighted by Crippen LogP contribution is -2.51. The van der Waals surface area contributed by atoms with Crippen molar-refractivity contribution in [3.05, 3.63) is 18.4 Å². The summed E-state index contributed by atoms with van der Waals surface area (Å²) in [6, 6.07) is 3.13. The van der Waals surface area contributed by atoms with E-state index in [1.165, 1.54) is 22.1 Å². The molecule has 27 heavy (non-hydrogen) atoms. The molecule has 0 N–H and O–H groups in total. The summed E-state index contributed by atoms with van der Waals surface area (Å²) in [6.07, 6.45) is 0.932. The lowest BCUT2D eigenvalue weighted by Gasteiger charge is -2.33. The maximum absolute atomic E-state index is 12.4. The average molecular weight is 398 g/mol. The molecule has 2 aromatic rings. The van der Waals surface area contributed by atoms with Gasteiger partial charge in [0, 0.05) is 26.2 Å². The molecule has 0 aromatic carbocycles. The SMILES string of the molecule is CCOC(=O)N1CCN(C(=O)CS(=O)(=O)c2nnc(-c3ccco3)o2)CC1. The van der Waals surface area contributed by atoms with Crippen molar-refractivity contribution in [3.8, 4) is 11.7 Å². The zero-order chi connectivity index (χ0) is 19.4. The highest BCUT2D eigenvalue weighted by Gasteiger charge is 2.31. The van der Waals surface area contributed by atoms with Crippen LogP contribution in [0.5, 0.6) is 0 Å². The molecule has 0 radical (unpaired) electrons. The van der Waals surface area contributed by atoms with E-state index in [2.05, 4.69) is 10.2 Å². The number of carbonyl (C=O) groups is 2. The number of furan rings is 1. The normalized spacial score (nSPS) is 15.0. The summed E-state index contributed by atoms with van der Waals surface area (Å²) in [5.74, 6) is -1.26. The summed E-state index contributed by atoms with van der Waals surface area (Å²) in [6.45, 7) is 2.95. The fraction of sp³-hybridized carbons (Fsp3) is 0.467. The lowest BCUT2D eigenvalue weighted by atomic mass is 10.3. The molecule has 2 amide bonds. The van der Waals surface area contributed by atoms with E-state index in [-0.39, 0.29) is 44.4 Å². The molecule has 1 fully saturated rings. The van der Waals surface area contributed by atoms with E-state index in [0.717, 1.165) is 0 Å². The zero-order valence-corrected chi connectivity index (χ0v) is 15.3. The van der Waals surface area contributed by atoms with Gasteiger partial charge in [0.25, 0.3) is 5.89 Å². The third-order valence-corrected chi connectivity index (χ3v) is 5.20. The maximum atomic E-state index is 12.4. The molecule has 0 aliphatic carbocycles. The molecule has 2 aromatic heterocycles. The average Bonchev–Trinajstić information content (AvgIpc) is 3.33. The first-order chi connectivity index (χ1) is 12.9. The lowest BCUT2D eigenvalue weighted by molar-refractivity contribution is -0.130. The molecule has 12 heteroatoms. The highest BCUT2D eigenvalue weighted by Crippen LogP contribution is 2.20. The Balaban J connectivity index is 1.60. The quantitative estimate of drug-likeness (QED) is 0.701. The van der Waals surface area contributed by atoms with E-state index in [9.17, 15) is 18.0 Å². The Bertz CT molecular complexity index is 899. The summed E-state index contributed by atoms with van der Waals surface area (Å²) in [5, 5.41) is 6.47. The van der Waals surface area contributed by atoms with Crippen LogP contribution in [-0.2, 0) is 19.4 Å². The number of aromatic nitrogens is 2. The van der Waals surface area contributed by atoms with Crippen molar-refractivity contribution in [2.24, 2.45) is 0 Å². The molecular formula is C15H18N4O7S. The highest BCUT2D eigenvalue weighted by molar-refractivity contribution is 7.91. The minimum atomic E-state index is -4.10. The van der Waals surface area contributed by atoms with Crippen molar-refractivity contribution in [3.63, 3.8) is 0 Å². The number of nitrogens with zero attached hydrogens (tertiary/aromatic N) is 4. The number of ether oxygens (including phenoxy) is 1. The van der Waals surface area contributed by atoms with Crippen molar-refractivity contribution >= 4 is 21.8 Å². The number of sulfone groups is 1. The monoisotopic (exact) mass is 398 g/mol. The van der Waals surface area contributed by atoms with Gasteiger partial charge in [0.05, 0.1) is 12.9 Å². The van der Waals surface area contributed by atoms with E-state index >= 15 is 0 Å². The Hall–Kier alpha value is -2.89. The second kappa shape index (κ2) is 7.78. The van der Waals surface area contributed by atoms with Crippen LogP contribution in [0.15, 0.2) is 32.5 Å². The Morgan fingerprint density at radius 2 is 1.89 bits per heavy atom. The standard InChI is InChI=1S/C15H18N4O7S/c1-2-24-15(21)19-7-5-18(6-8-19)12(20)10-27(22,23)14-17-16-13(26-14)11-4-3-9-25-11/h3-4,9H,2,5-8,10H2,1H3. The molecule has 146 valence electrons. The molecule has 3 rings (SSSR count). The van der Waals surface area contributed by atoms with Crippen molar-refractivity contribution in [1.29, 1.82) is 0 Å². The number of hydrogen-bond donors (Lipinski definition) is 0. The third-order valence-electron chi connectivity index (χ3n) is 3.88.